The fourth-order valence-electron chi connectivity index (χ4n) is 2.05. The molecule has 0 spiro atoms. The summed E-state index contributed by atoms with van der Waals surface area (Å²) in [5.74, 6) is 0.212. The molecule has 0 amide bonds. The lowest BCUT2D eigenvalue weighted by molar-refractivity contribution is -0.385. The number of hydrogen-bond donors (Lipinski definition) is 0. The van der Waals surface area contributed by atoms with Gasteiger partial charge in [-0.05, 0) is 12.0 Å². The van der Waals surface area contributed by atoms with Crippen molar-refractivity contribution in [1.29, 1.82) is 5.26 Å². The van der Waals surface area contributed by atoms with Crippen LogP contribution in [-0.4, -0.2) is 18.0 Å². The second-order valence-electron chi connectivity index (χ2n) is 5.05. The van der Waals surface area contributed by atoms with Gasteiger partial charge in [0.1, 0.15) is 0 Å². The molecule has 0 saturated heterocycles. The zero-order valence-electron chi connectivity index (χ0n) is 11.9. The molecule has 21 heavy (non-hydrogen) atoms. The van der Waals surface area contributed by atoms with E-state index in [0.717, 1.165) is 6.07 Å². The fraction of sp³-hybridized carbons (Fsp3) is 0.500. The minimum Gasteiger partial charge on any atom is -0.370 e. The molecule has 0 saturated carbocycles. The van der Waals surface area contributed by atoms with Crippen LogP contribution in [-0.2, 0) is 0 Å². The highest BCUT2D eigenvalue weighted by Crippen LogP contribution is 2.33. The number of nitrogens with zero attached hydrogens (tertiary/aromatic N) is 3. The maximum Gasteiger partial charge on any atom is 0.270 e. The van der Waals surface area contributed by atoms with Gasteiger partial charge in [0, 0.05) is 36.5 Å². The van der Waals surface area contributed by atoms with Gasteiger partial charge in [-0.3, -0.25) is 10.1 Å². The Bertz CT molecular complexity index is 542. The Morgan fingerprint density at radius 2 is 2.10 bits per heavy atom. The molecule has 0 bridgehead atoms. The second-order valence-corrected chi connectivity index (χ2v) is 5.05. The zero-order chi connectivity index (χ0) is 16.0. The summed E-state index contributed by atoms with van der Waals surface area (Å²) in [6.07, 6.45) is -2.61. The summed E-state index contributed by atoms with van der Waals surface area (Å²) in [4.78, 5) is 11.7. The Morgan fingerprint density at radius 3 is 2.57 bits per heavy atom. The zero-order valence-corrected chi connectivity index (χ0v) is 11.9. The molecule has 1 aromatic rings. The summed E-state index contributed by atoms with van der Waals surface area (Å²) in [7, 11) is 0. The van der Waals surface area contributed by atoms with Crippen LogP contribution in [0.3, 0.4) is 0 Å². The second kappa shape index (κ2) is 7.53. The third-order valence-corrected chi connectivity index (χ3v) is 2.88. The predicted octanol–water partition coefficient (Wildman–Crippen LogP) is 3.91. The van der Waals surface area contributed by atoms with Gasteiger partial charge in [-0.2, -0.15) is 5.26 Å². The van der Waals surface area contributed by atoms with Gasteiger partial charge in [0.05, 0.1) is 17.4 Å². The molecule has 0 atom stereocenters. The van der Waals surface area contributed by atoms with Crippen LogP contribution in [0, 0.1) is 27.4 Å². The number of benzene rings is 1. The standard InChI is InChI=1S/C14H17F2N3O2/c1-10(2)9-18(7-3-6-17)13-5-4-11(19(20)21)8-12(13)14(15)16/h4-5,8,10,14H,3,7,9H2,1-2H3. The molecule has 0 aromatic heterocycles. The quantitative estimate of drug-likeness (QED) is 0.565. The van der Waals surface area contributed by atoms with E-state index in [1.54, 1.807) is 4.90 Å². The van der Waals surface area contributed by atoms with Crippen LogP contribution in [0.2, 0.25) is 0 Å². The number of anilines is 1. The number of non-ortho nitro benzene ring substituents is 1. The SMILES string of the molecule is CC(C)CN(CCC#N)c1ccc([N+](=O)[O-])cc1C(F)F. The van der Waals surface area contributed by atoms with Crippen LogP contribution in [0.25, 0.3) is 0 Å². The van der Waals surface area contributed by atoms with E-state index in [9.17, 15) is 18.9 Å². The summed E-state index contributed by atoms with van der Waals surface area (Å²) >= 11 is 0. The molecule has 7 heteroatoms. The van der Waals surface area contributed by atoms with Gasteiger partial charge in [0.15, 0.2) is 0 Å². The molecule has 0 aliphatic rings. The summed E-state index contributed by atoms with van der Waals surface area (Å²) < 4.78 is 26.4. The third-order valence-electron chi connectivity index (χ3n) is 2.88. The Balaban J connectivity index is 3.22. The molecular weight excluding hydrogens is 280 g/mol. The minimum atomic E-state index is -2.81. The van der Waals surface area contributed by atoms with Crippen molar-refractivity contribution in [3.8, 4) is 6.07 Å². The molecule has 0 N–H and O–H groups in total. The van der Waals surface area contributed by atoms with Crippen LogP contribution in [0.1, 0.15) is 32.3 Å². The van der Waals surface area contributed by atoms with E-state index < -0.39 is 11.3 Å². The average molecular weight is 297 g/mol. The van der Waals surface area contributed by atoms with E-state index >= 15 is 0 Å². The van der Waals surface area contributed by atoms with Crippen molar-refractivity contribution < 1.29 is 13.7 Å². The van der Waals surface area contributed by atoms with E-state index in [1.807, 2.05) is 19.9 Å². The molecule has 5 nitrogen and oxygen atoms in total. The number of halogens is 2. The highest BCUT2D eigenvalue weighted by atomic mass is 19.3. The van der Waals surface area contributed by atoms with Crippen molar-refractivity contribution in [3.63, 3.8) is 0 Å². The summed E-state index contributed by atoms with van der Waals surface area (Å²) in [6.45, 7) is 4.69. The first-order chi connectivity index (χ1) is 9.86. The summed E-state index contributed by atoms with van der Waals surface area (Å²) in [5.41, 5.74) is -0.485. The van der Waals surface area contributed by atoms with Crippen LogP contribution in [0.5, 0.6) is 0 Å². The molecular formula is C14H17F2N3O2. The van der Waals surface area contributed by atoms with Crippen molar-refractivity contribution in [2.24, 2.45) is 5.92 Å². The molecule has 0 aliphatic heterocycles. The van der Waals surface area contributed by atoms with Gasteiger partial charge in [-0.1, -0.05) is 13.8 Å². The third kappa shape index (κ3) is 4.67. The van der Waals surface area contributed by atoms with Crippen LogP contribution in [0.15, 0.2) is 18.2 Å². The Morgan fingerprint density at radius 1 is 1.43 bits per heavy atom. The summed E-state index contributed by atoms with van der Waals surface area (Å²) in [6, 6.07) is 5.43. The first kappa shape index (κ1) is 16.8. The molecule has 114 valence electrons. The lowest BCUT2D eigenvalue weighted by Gasteiger charge is -2.27. The highest BCUT2D eigenvalue weighted by molar-refractivity contribution is 5.58. The predicted molar refractivity (Wildman–Crippen MR) is 75.3 cm³/mol. The Kier molecular flexibility index (Phi) is 6.03. The molecule has 0 aliphatic carbocycles. The van der Waals surface area contributed by atoms with Crippen LogP contribution < -0.4 is 4.90 Å². The molecule has 0 unspecified atom stereocenters. The van der Waals surface area contributed by atoms with E-state index in [0.29, 0.717) is 13.1 Å². The lowest BCUT2D eigenvalue weighted by Crippen LogP contribution is -2.29. The molecule has 1 rings (SSSR count). The largest absolute Gasteiger partial charge is 0.370 e. The smallest absolute Gasteiger partial charge is 0.270 e. The fourth-order valence-corrected chi connectivity index (χ4v) is 2.05. The van der Waals surface area contributed by atoms with Gasteiger partial charge in [0.25, 0.3) is 12.1 Å². The van der Waals surface area contributed by atoms with E-state index in [1.165, 1.54) is 12.1 Å². The van der Waals surface area contributed by atoms with E-state index in [-0.39, 0.29) is 29.3 Å². The minimum absolute atomic E-state index is 0.201. The van der Waals surface area contributed by atoms with Gasteiger partial charge in [-0.25, -0.2) is 8.78 Å². The first-order valence-corrected chi connectivity index (χ1v) is 6.55. The van der Waals surface area contributed by atoms with E-state index in [4.69, 9.17) is 5.26 Å². The van der Waals surface area contributed by atoms with Crippen LogP contribution >= 0.6 is 0 Å². The molecule has 0 fully saturated rings. The summed E-state index contributed by atoms with van der Waals surface area (Å²) in [5, 5.41) is 19.4. The average Bonchev–Trinajstić information content (AvgIpc) is 2.42. The van der Waals surface area contributed by atoms with Crippen molar-refractivity contribution in [2.45, 2.75) is 26.7 Å². The maximum absolute atomic E-state index is 13.2. The molecule has 0 heterocycles. The van der Waals surface area contributed by atoms with Crippen LogP contribution in [0.4, 0.5) is 20.2 Å². The van der Waals surface area contributed by atoms with Gasteiger partial charge in [-0.15, -0.1) is 0 Å². The molecule has 0 radical (unpaired) electrons. The number of rotatable bonds is 7. The van der Waals surface area contributed by atoms with E-state index in [2.05, 4.69) is 0 Å². The number of alkyl halides is 2. The van der Waals surface area contributed by atoms with Crippen molar-refractivity contribution in [3.05, 3.63) is 33.9 Å². The van der Waals surface area contributed by atoms with Crippen molar-refractivity contribution >= 4 is 11.4 Å². The Labute approximate surface area is 121 Å². The molecule has 1 aromatic carbocycles. The monoisotopic (exact) mass is 297 g/mol. The number of nitriles is 1. The van der Waals surface area contributed by atoms with Crippen molar-refractivity contribution in [2.75, 3.05) is 18.0 Å². The Hall–Kier alpha value is -2.23. The number of nitro groups is 1. The lowest BCUT2D eigenvalue weighted by atomic mass is 10.1. The normalized spacial score (nSPS) is 10.7. The van der Waals surface area contributed by atoms with Gasteiger partial charge in [0.2, 0.25) is 0 Å². The van der Waals surface area contributed by atoms with Gasteiger partial charge < -0.3 is 4.90 Å². The van der Waals surface area contributed by atoms with Gasteiger partial charge >= 0.3 is 0 Å². The first-order valence-electron chi connectivity index (χ1n) is 6.55. The van der Waals surface area contributed by atoms with Crippen molar-refractivity contribution in [1.82, 2.24) is 0 Å². The number of hydrogen-bond acceptors (Lipinski definition) is 4. The topological polar surface area (TPSA) is 70.2 Å². The highest BCUT2D eigenvalue weighted by Gasteiger charge is 2.21. The number of nitro benzene ring substituents is 1. The maximum atomic E-state index is 13.2.